The number of nitrogen functional groups attached to an aromatic ring is 1. The molecule has 1 saturated carbocycles. The van der Waals surface area contributed by atoms with Crippen molar-refractivity contribution < 1.29 is 9.00 Å². The average Bonchev–Trinajstić information content (AvgIpc) is 2.97. The topological polar surface area (TPSA) is 72.2 Å². The average molecular weight is 329 g/mol. The molecule has 0 aliphatic heterocycles. The van der Waals surface area contributed by atoms with E-state index in [4.69, 9.17) is 17.3 Å². The highest BCUT2D eigenvalue weighted by atomic mass is 35.5. The first kappa shape index (κ1) is 16.3. The summed E-state index contributed by atoms with van der Waals surface area (Å²) in [4.78, 5) is 11.9. The molecule has 1 unspecified atom stereocenters. The van der Waals surface area contributed by atoms with E-state index in [2.05, 4.69) is 5.32 Å². The number of hydrogen-bond acceptors (Lipinski definition) is 3. The van der Waals surface area contributed by atoms with Gasteiger partial charge in [-0.2, -0.15) is 0 Å². The van der Waals surface area contributed by atoms with Gasteiger partial charge in [0.05, 0.1) is 11.4 Å². The summed E-state index contributed by atoms with van der Waals surface area (Å²) in [6.45, 7) is 0. The molecule has 0 aromatic heterocycles. The molecule has 3 N–H and O–H groups in total. The van der Waals surface area contributed by atoms with Gasteiger partial charge < -0.3 is 11.1 Å². The highest BCUT2D eigenvalue weighted by molar-refractivity contribution is 7.85. The molecule has 1 aliphatic rings. The van der Waals surface area contributed by atoms with Crippen LogP contribution >= 0.6 is 11.6 Å². The Labute approximate surface area is 132 Å². The number of halogens is 1. The third-order valence-electron chi connectivity index (χ3n) is 3.71. The highest BCUT2D eigenvalue weighted by Crippen LogP contribution is 2.24. The monoisotopic (exact) mass is 328 g/mol. The van der Waals surface area contributed by atoms with Crippen LogP contribution in [-0.4, -0.2) is 21.1 Å². The van der Waals surface area contributed by atoms with Crippen LogP contribution in [-0.2, 0) is 15.6 Å². The van der Waals surface area contributed by atoms with Crippen molar-refractivity contribution in [2.75, 3.05) is 16.8 Å². The fourth-order valence-corrected chi connectivity index (χ4v) is 4.34. The van der Waals surface area contributed by atoms with Gasteiger partial charge in [-0.05, 0) is 37.5 Å². The number of carbonyl (C=O) groups excluding carboxylic acids is 1. The van der Waals surface area contributed by atoms with Crippen LogP contribution in [0.1, 0.15) is 38.5 Å². The first-order valence-electron chi connectivity index (χ1n) is 7.28. The van der Waals surface area contributed by atoms with E-state index >= 15 is 0 Å². The molecule has 0 radical (unpaired) electrons. The molecule has 1 amide bonds. The minimum atomic E-state index is -0.792. The van der Waals surface area contributed by atoms with Crippen LogP contribution < -0.4 is 11.1 Å². The Bertz CT molecular complexity index is 530. The number of amides is 1. The standard InChI is InChI=1S/C15H21ClN2O2S/c16-11-7-8-13(17)14(10-11)18-15(19)6-3-9-21(20)12-4-1-2-5-12/h7-8,10,12H,1-6,9,17H2,(H,18,19). The maximum Gasteiger partial charge on any atom is 0.224 e. The van der Waals surface area contributed by atoms with Crippen molar-refractivity contribution in [1.82, 2.24) is 0 Å². The SMILES string of the molecule is Nc1ccc(Cl)cc1NC(=O)CCCS(=O)C1CCCC1. The quantitative estimate of drug-likeness (QED) is 0.787. The van der Waals surface area contributed by atoms with E-state index in [9.17, 15) is 9.00 Å². The van der Waals surface area contributed by atoms with Crippen molar-refractivity contribution >= 4 is 39.7 Å². The van der Waals surface area contributed by atoms with Crippen LogP contribution in [0, 0.1) is 0 Å². The summed E-state index contributed by atoms with van der Waals surface area (Å²) in [6, 6.07) is 4.97. The summed E-state index contributed by atoms with van der Waals surface area (Å²) in [5.74, 6) is 0.482. The Morgan fingerprint density at radius 1 is 1.38 bits per heavy atom. The van der Waals surface area contributed by atoms with Crippen molar-refractivity contribution in [3.63, 3.8) is 0 Å². The summed E-state index contributed by atoms with van der Waals surface area (Å²) >= 11 is 5.87. The lowest BCUT2D eigenvalue weighted by Gasteiger charge is -2.10. The van der Waals surface area contributed by atoms with Gasteiger partial charge in [0.2, 0.25) is 5.91 Å². The fourth-order valence-electron chi connectivity index (χ4n) is 2.54. The van der Waals surface area contributed by atoms with Crippen molar-refractivity contribution in [2.45, 2.75) is 43.8 Å². The van der Waals surface area contributed by atoms with Gasteiger partial charge in [-0.3, -0.25) is 9.00 Å². The zero-order chi connectivity index (χ0) is 15.2. The molecule has 0 saturated heterocycles. The maximum absolute atomic E-state index is 12.0. The molecule has 116 valence electrons. The molecule has 1 fully saturated rings. The van der Waals surface area contributed by atoms with E-state index < -0.39 is 10.8 Å². The summed E-state index contributed by atoms with van der Waals surface area (Å²) in [5.41, 5.74) is 6.80. The van der Waals surface area contributed by atoms with Gasteiger partial charge in [0.15, 0.2) is 0 Å². The normalized spacial score (nSPS) is 16.8. The van der Waals surface area contributed by atoms with Crippen LogP contribution in [0.4, 0.5) is 11.4 Å². The maximum atomic E-state index is 12.0. The second kappa shape index (κ2) is 7.80. The number of anilines is 2. The molecule has 6 heteroatoms. The first-order valence-corrected chi connectivity index (χ1v) is 9.04. The molecule has 1 aliphatic carbocycles. The van der Waals surface area contributed by atoms with Crippen molar-refractivity contribution in [3.05, 3.63) is 23.2 Å². The molecule has 2 rings (SSSR count). The fraction of sp³-hybridized carbons (Fsp3) is 0.533. The van der Waals surface area contributed by atoms with Crippen LogP contribution in [0.25, 0.3) is 0 Å². The first-order chi connectivity index (χ1) is 10.1. The molecule has 1 aromatic carbocycles. The molecule has 1 aromatic rings. The third kappa shape index (κ3) is 5.00. The summed E-state index contributed by atoms with van der Waals surface area (Å²) in [7, 11) is -0.792. The smallest absolute Gasteiger partial charge is 0.224 e. The zero-order valence-electron chi connectivity index (χ0n) is 11.9. The van der Waals surface area contributed by atoms with Crippen LogP contribution in [0.2, 0.25) is 5.02 Å². The predicted molar refractivity (Wildman–Crippen MR) is 89.0 cm³/mol. The van der Waals surface area contributed by atoms with E-state index in [0.29, 0.717) is 40.2 Å². The van der Waals surface area contributed by atoms with Gasteiger partial charge in [0.1, 0.15) is 0 Å². The summed E-state index contributed by atoms with van der Waals surface area (Å²) in [5, 5.41) is 3.62. The molecular formula is C15H21ClN2O2S. The van der Waals surface area contributed by atoms with Gasteiger partial charge in [-0.25, -0.2) is 0 Å². The zero-order valence-corrected chi connectivity index (χ0v) is 13.5. The van der Waals surface area contributed by atoms with E-state index in [1.807, 2.05) is 0 Å². The number of nitrogens with two attached hydrogens (primary N) is 1. The molecule has 1 atom stereocenters. The minimum absolute atomic E-state index is 0.118. The van der Waals surface area contributed by atoms with Crippen molar-refractivity contribution in [1.29, 1.82) is 0 Å². The molecule has 4 nitrogen and oxygen atoms in total. The Kier molecular flexibility index (Phi) is 6.06. The van der Waals surface area contributed by atoms with Gasteiger partial charge in [0.25, 0.3) is 0 Å². The third-order valence-corrected chi connectivity index (χ3v) is 5.85. The lowest BCUT2D eigenvalue weighted by molar-refractivity contribution is -0.116. The minimum Gasteiger partial charge on any atom is -0.397 e. The largest absolute Gasteiger partial charge is 0.397 e. The van der Waals surface area contributed by atoms with Gasteiger partial charge in [-0.15, -0.1) is 0 Å². The molecule has 0 spiro atoms. The Balaban J connectivity index is 1.74. The van der Waals surface area contributed by atoms with E-state index in [1.165, 1.54) is 12.8 Å². The molecule has 21 heavy (non-hydrogen) atoms. The number of hydrogen-bond donors (Lipinski definition) is 2. The number of benzene rings is 1. The second-order valence-corrected chi connectivity index (χ2v) is 7.65. The second-order valence-electron chi connectivity index (χ2n) is 5.37. The van der Waals surface area contributed by atoms with E-state index in [0.717, 1.165) is 12.8 Å². The molecule has 0 heterocycles. The van der Waals surface area contributed by atoms with Gasteiger partial charge >= 0.3 is 0 Å². The lowest BCUT2D eigenvalue weighted by Crippen LogP contribution is -2.17. The van der Waals surface area contributed by atoms with Crippen LogP contribution in [0.15, 0.2) is 18.2 Å². The van der Waals surface area contributed by atoms with E-state index in [-0.39, 0.29) is 5.91 Å². The Hall–Kier alpha value is -1.07. The lowest BCUT2D eigenvalue weighted by atomic mass is 10.2. The predicted octanol–water partition coefficient (Wildman–Crippen LogP) is 3.33. The van der Waals surface area contributed by atoms with Gasteiger partial charge in [0, 0.05) is 33.2 Å². The van der Waals surface area contributed by atoms with Crippen LogP contribution in [0.5, 0.6) is 0 Å². The Morgan fingerprint density at radius 3 is 2.81 bits per heavy atom. The number of rotatable bonds is 6. The van der Waals surface area contributed by atoms with E-state index in [1.54, 1.807) is 18.2 Å². The van der Waals surface area contributed by atoms with Crippen molar-refractivity contribution in [3.8, 4) is 0 Å². The van der Waals surface area contributed by atoms with Crippen molar-refractivity contribution in [2.24, 2.45) is 0 Å². The molecule has 0 bridgehead atoms. The molecular weight excluding hydrogens is 308 g/mol. The number of carbonyl (C=O) groups is 1. The summed E-state index contributed by atoms with van der Waals surface area (Å²) < 4.78 is 12.0. The highest BCUT2D eigenvalue weighted by Gasteiger charge is 2.21. The van der Waals surface area contributed by atoms with Crippen LogP contribution in [0.3, 0.4) is 0 Å². The van der Waals surface area contributed by atoms with Gasteiger partial charge in [-0.1, -0.05) is 24.4 Å². The number of nitrogens with one attached hydrogen (secondary N) is 1. The Morgan fingerprint density at radius 2 is 2.10 bits per heavy atom. The summed E-state index contributed by atoms with van der Waals surface area (Å²) in [6.07, 6.45) is 5.49.